The number of para-hydroxylation sites is 1. The topological polar surface area (TPSA) is 86.4 Å². The van der Waals surface area contributed by atoms with Crippen molar-refractivity contribution < 1.29 is 9.47 Å². The molecule has 0 spiro atoms. The predicted molar refractivity (Wildman–Crippen MR) is 145 cm³/mol. The Labute approximate surface area is 214 Å². The van der Waals surface area contributed by atoms with Gasteiger partial charge >= 0.3 is 0 Å². The molecule has 0 atom stereocenters. The van der Waals surface area contributed by atoms with Gasteiger partial charge in [-0.2, -0.15) is 4.98 Å². The zero-order valence-corrected chi connectivity index (χ0v) is 22.4. The highest BCUT2D eigenvalue weighted by atomic mass is 79.9. The molecule has 0 aliphatic heterocycles. The standard InChI is InChI=1S/C27H30BrN5O2/c1-26(2,3)34-22-15-23(35-27(4,5)6)30-16-20(22)17-12-13-21-19(14-17)24(32-25(29)31-21)33(28)18-10-8-7-9-11-18/h7-16H,1-6H3,(H2,29,31,32). The number of nitrogen functional groups attached to an aromatic ring is 1. The summed E-state index contributed by atoms with van der Waals surface area (Å²) in [7, 11) is 0. The lowest BCUT2D eigenvalue weighted by molar-refractivity contribution is 0.117. The molecule has 0 aliphatic rings. The van der Waals surface area contributed by atoms with Crippen molar-refractivity contribution in [3.05, 3.63) is 60.8 Å². The van der Waals surface area contributed by atoms with Crippen molar-refractivity contribution in [3.8, 4) is 22.8 Å². The van der Waals surface area contributed by atoms with Crippen LogP contribution in [0.3, 0.4) is 0 Å². The van der Waals surface area contributed by atoms with Crippen LogP contribution in [0.25, 0.3) is 22.0 Å². The maximum atomic E-state index is 6.33. The van der Waals surface area contributed by atoms with E-state index in [1.807, 2.05) is 100 Å². The second-order valence-corrected chi connectivity index (χ2v) is 10.9. The van der Waals surface area contributed by atoms with Crippen molar-refractivity contribution in [2.45, 2.75) is 52.7 Å². The first-order chi connectivity index (χ1) is 16.4. The average Bonchev–Trinajstić information content (AvgIpc) is 2.76. The third-order valence-corrected chi connectivity index (χ3v) is 5.59. The van der Waals surface area contributed by atoms with Crippen LogP contribution in [0.15, 0.2) is 60.8 Å². The van der Waals surface area contributed by atoms with Gasteiger partial charge in [-0.3, -0.25) is 3.93 Å². The molecule has 0 saturated carbocycles. The normalized spacial score (nSPS) is 12.0. The quantitative estimate of drug-likeness (QED) is 0.273. The summed E-state index contributed by atoms with van der Waals surface area (Å²) in [6.45, 7) is 12.0. The van der Waals surface area contributed by atoms with Crippen LogP contribution in [0.5, 0.6) is 11.6 Å². The summed E-state index contributed by atoms with van der Waals surface area (Å²) in [6, 6.07) is 17.6. The lowest BCUT2D eigenvalue weighted by Gasteiger charge is -2.25. The van der Waals surface area contributed by atoms with Crippen molar-refractivity contribution in [2.75, 3.05) is 9.66 Å². The molecular weight excluding hydrogens is 506 g/mol. The Bertz CT molecular complexity index is 1350. The number of nitrogens with two attached hydrogens (primary N) is 1. The highest BCUT2D eigenvalue weighted by Gasteiger charge is 2.21. The minimum atomic E-state index is -0.408. The smallest absolute Gasteiger partial charge is 0.222 e. The Hall–Kier alpha value is -3.39. The number of fused-ring (bicyclic) bond motifs is 1. The first-order valence-corrected chi connectivity index (χ1v) is 12.1. The van der Waals surface area contributed by atoms with Gasteiger partial charge in [0.2, 0.25) is 11.8 Å². The van der Waals surface area contributed by atoms with Crippen LogP contribution < -0.4 is 19.1 Å². The third-order valence-electron chi connectivity index (χ3n) is 4.84. The Morgan fingerprint density at radius 3 is 2.20 bits per heavy atom. The van der Waals surface area contributed by atoms with Crippen molar-refractivity contribution in [1.29, 1.82) is 0 Å². The molecule has 2 N–H and O–H groups in total. The molecule has 2 aromatic carbocycles. The lowest BCUT2D eigenvalue weighted by Crippen LogP contribution is -2.25. The van der Waals surface area contributed by atoms with Crippen molar-refractivity contribution in [3.63, 3.8) is 0 Å². The number of aromatic nitrogens is 3. The fourth-order valence-corrected chi connectivity index (χ4v) is 4.05. The van der Waals surface area contributed by atoms with Crippen molar-refractivity contribution in [2.24, 2.45) is 0 Å². The molecule has 4 rings (SSSR count). The van der Waals surface area contributed by atoms with Gasteiger partial charge in [-0.05, 0) is 71.4 Å². The molecule has 7 nitrogen and oxygen atoms in total. The van der Waals surface area contributed by atoms with Gasteiger partial charge in [0, 0.05) is 23.2 Å². The van der Waals surface area contributed by atoms with Crippen molar-refractivity contribution in [1.82, 2.24) is 15.0 Å². The van der Waals surface area contributed by atoms with Gasteiger partial charge in [-0.15, -0.1) is 0 Å². The van der Waals surface area contributed by atoms with Crippen LogP contribution in [-0.4, -0.2) is 26.2 Å². The van der Waals surface area contributed by atoms with E-state index in [1.165, 1.54) is 0 Å². The molecule has 0 unspecified atom stereocenters. The summed E-state index contributed by atoms with van der Waals surface area (Å²) in [5.74, 6) is 2.03. The number of rotatable bonds is 5. The Morgan fingerprint density at radius 1 is 0.857 bits per heavy atom. The minimum Gasteiger partial charge on any atom is -0.487 e. The summed E-state index contributed by atoms with van der Waals surface area (Å²) in [5, 5.41) is 0.828. The Balaban J connectivity index is 1.86. The molecule has 2 aromatic heterocycles. The molecule has 35 heavy (non-hydrogen) atoms. The van der Waals surface area contributed by atoms with E-state index in [4.69, 9.17) is 15.2 Å². The molecule has 0 aliphatic carbocycles. The maximum Gasteiger partial charge on any atom is 0.222 e. The van der Waals surface area contributed by atoms with Crippen LogP contribution >= 0.6 is 16.1 Å². The summed E-state index contributed by atoms with van der Waals surface area (Å²) >= 11 is 3.66. The predicted octanol–water partition coefficient (Wildman–Crippen LogP) is 7.08. The van der Waals surface area contributed by atoms with Crippen molar-refractivity contribution >= 4 is 44.5 Å². The van der Waals surface area contributed by atoms with E-state index >= 15 is 0 Å². The van der Waals surface area contributed by atoms with Gasteiger partial charge in [0.15, 0.2) is 5.82 Å². The number of pyridine rings is 1. The number of hydrogen-bond donors (Lipinski definition) is 1. The zero-order valence-electron chi connectivity index (χ0n) is 20.8. The first kappa shape index (κ1) is 24.7. The third kappa shape index (κ3) is 6.00. The zero-order chi connectivity index (χ0) is 25.4. The van der Waals surface area contributed by atoms with E-state index in [-0.39, 0.29) is 11.5 Å². The molecule has 4 aromatic rings. The molecule has 0 amide bonds. The van der Waals surface area contributed by atoms with Crippen LogP contribution in [0, 0.1) is 0 Å². The number of nitrogens with zero attached hydrogens (tertiary/aromatic N) is 4. The van der Waals surface area contributed by atoms with E-state index in [0.29, 0.717) is 17.4 Å². The fourth-order valence-electron chi connectivity index (χ4n) is 3.55. The molecule has 2 heterocycles. The van der Waals surface area contributed by atoms with E-state index in [0.717, 1.165) is 27.7 Å². The van der Waals surface area contributed by atoms with Crippen LogP contribution in [0.2, 0.25) is 0 Å². The summed E-state index contributed by atoms with van der Waals surface area (Å²) in [5.41, 5.74) is 8.65. The molecule has 0 bridgehead atoms. The number of anilines is 3. The Kier molecular flexibility index (Phi) is 6.60. The maximum absolute atomic E-state index is 6.33. The average molecular weight is 536 g/mol. The van der Waals surface area contributed by atoms with Gasteiger partial charge in [0.1, 0.15) is 17.0 Å². The molecule has 0 radical (unpaired) electrons. The summed E-state index contributed by atoms with van der Waals surface area (Å²) in [6.07, 6.45) is 1.78. The largest absolute Gasteiger partial charge is 0.487 e. The minimum absolute atomic E-state index is 0.197. The van der Waals surface area contributed by atoms with Crippen LogP contribution in [0.4, 0.5) is 17.5 Å². The van der Waals surface area contributed by atoms with Gasteiger partial charge in [-0.1, -0.05) is 24.3 Å². The number of ether oxygens (including phenoxy) is 2. The second kappa shape index (κ2) is 9.34. The SMILES string of the molecule is CC(C)(C)Oc1cc(OC(C)(C)C)c(-c2ccc3nc(N)nc(N(Br)c4ccccc4)c3c2)cn1. The molecule has 0 saturated heterocycles. The number of hydrogen-bond acceptors (Lipinski definition) is 7. The summed E-state index contributed by atoms with van der Waals surface area (Å²) < 4.78 is 14.1. The highest BCUT2D eigenvalue weighted by molar-refractivity contribution is 9.10. The van der Waals surface area contributed by atoms with Gasteiger partial charge in [0.05, 0.1) is 27.4 Å². The highest BCUT2D eigenvalue weighted by Crippen LogP contribution is 2.39. The lowest BCUT2D eigenvalue weighted by atomic mass is 10.0. The summed E-state index contributed by atoms with van der Waals surface area (Å²) in [4.78, 5) is 13.5. The van der Waals surface area contributed by atoms with Crippen LogP contribution in [-0.2, 0) is 0 Å². The molecule has 8 heteroatoms. The molecule has 0 fully saturated rings. The monoisotopic (exact) mass is 535 g/mol. The first-order valence-electron chi connectivity index (χ1n) is 11.4. The fraction of sp³-hybridized carbons (Fsp3) is 0.296. The molecule has 182 valence electrons. The second-order valence-electron chi connectivity index (χ2n) is 10.2. The number of benzene rings is 2. The van der Waals surface area contributed by atoms with Gasteiger partial charge < -0.3 is 15.2 Å². The van der Waals surface area contributed by atoms with E-state index in [1.54, 1.807) is 6.20 Å². The Morgan fingerprint density at radius 2 is 1.54 bits per heavy atom. The van der Waals surface area contributed by atoms with E-state index < -0.39 is 5.60 Å². The van der Waals surface area contributed by atoms with E-state index in [9.17, 15) is 0 Å². The van der Waals surface area contributed by atoms with Crippen LogP contribution in [0.1, 0.15) is 41.5 Å². The van der Waals surface area contributed by atoms with E-state index in [2.05, 4.69) is 31.1 Å². The van der Waals surface area contributed by atoms with Gasteiger partial charge in [0.25, 0.3) is 0 Å². The van der Waals surface area contributed by atoms with Gasteiger partial charge in [-0.25, -0.2) is 9.97 Å². The molecular formula is C27H30BrN5O2. The number of halogens is 1.